The lowest BCUT2D eigenvalue weighted by atomic mass is 9.98. The van der Waals surface area contributed by atoms with E-state index in [-0.39, 0.29) is 18.3 Å². The van der Waals surface area contributed by atoms with Crippen LogP contribution in [-0.2, 0) is 14.8 Å². The highest BCUT2D eigenvalue weighted by atomic mass is 35.5. The number of rotatable bonds is 5. The van der Waals surface area contributed by atoms with Gasteiger partial charge in [0.15, 0.2) is 0 Å². The van der Waals surface area contributed by atoms with Crippen molar-refractivity contribution in [2.24, 2.45) is 0 Å². The second-order valence-electron chi connectivity index (χ2n) is 7.48. The molecule has 2 saturated heterocycles. The average molecular weight is 473 g/mol. The Hall–Kier alpha value is -1.46. The van der Waals surface area contributed by atoms with Gasteiger partial charge in [-0.25, -0.2) is 18.2 Å². The van der Waals surface area contributed by atoms with Gasteiger partial charge < -0.3 is 15.0 Å². The summed E-state index contributed by atoms with van der Waals surface area (Å²) in [5.41, 5.74) is 0.921. The molecule has 3 heterocycles. The predicted octanol–water partition coefficient (Wildman–Crippen LogP) is 2.50. The first-order chi connectivity index (χ1) is 14.4. The summed E-state index contributed by atoms with van der Waals surface area (Å²) in [7, 11) is -3.37. The number of amides is 2. The SMILES string of the molecule is O=C(NCCS(=O)(=O)N1CCOCC1)N1CCC(c2nc3cc(Cl)ccc3s2)CC1. The number of carbonyl (C=O) groups is 1. The lowest BCUT2D eigenvalue weighted by Crippen LogP contribution is -2.47. The van der Waals surface area contributed by atoms with Crippen molar-refractivity contribution in [3.63, 3.8) is 0 Å². The van der Waals surface area contributed by atoms with E-state index in [1.165, 1.54) is 4.31 Å². The van der Waals surface area contributed by atoms with Crippen LogP contribution in [-0.4, -0.2) is 80.3 Å². The van der Waals surface area contributed by atoms with Crippen LogP contribution in [0.1, 0.15) is 23.8 Å². The molecule has 1 aromatic carbocycles. The Balaban J connectivity index is 1.24. The Bertz CT molecular complexity index is 999. The number of urea groups is 1. The highest BCUT2D eigenvalue weighted by molar-refractivity contribution is 7.89. The molecule has 0 saturated carbocycles. The largest absolute Gasteiger partial charge is 0.379 e. The van der Waals surface area contributed by atoms with Gasteiger partial charge in [-0.2, -0.15) is 4.31 Å². The number of aromatic nitrogens is 1. The van der Waals surface area contributed by atoms with Crippen molar-refractivity contribution >= 4 is 49.2 Å². The zero-order valence-corrected chi connectivity index (χ0v) is 18.9. The first-order valence-corrected chi connectivity index (χ1v) is 12.9. The second kappa shape index (κ2) is 9.35. The smallest absolute Gasteiger partial charge is 0.317 e. The van der Waals surface area contributed by atoms with E-state index in [0.717, 1.165) is 28.1 Å². The van der Waals surface area contributed by atoms with Crippen molar-refractivity contribution in [3.8, 4) is 0 Å². The van der Waals surface area contributed by atoms with Gasteiger partial charge in [-0.05, 0) is 31.0 Å². The van der Waals surface area contributed by atoms with Crippen molar-refractivity contribution in [1.82, 2.24) is 19.5 Å². The average Bonchev–Trinajstić information content (AvgIpc) is 3.17. The molecule has 2 aromatic rings. The van der Waals surface area contributed by atoms with E-state index in [0.29, 0.717) is 50.3 Å². The number of halogens is 1. The number of likely N-dealkylation sites (tertiary alicyclic amines) is 1. The van der Waals surface area contributed by atoms with Crippen LogP contribution in [0.5, 0.6) is 0 Å². The van der Waals surface area contributed by atoms with Crippen LogP contribution < -0.4 is 5.32 Å². The van der Waals surface area contributed by atoms with Crippen molar-refractivity contribution in [2.45, 2.75) is 18.8 Å². The third kappa shape index (κ3) is 5.05. The molecular formula is C19H25ClN4O4S2. The number of ether oxygens (including phenoxy) is 1. The van der Waals surface area contributed by atoms with Gasteiger partial charge >= 0.3 is 6.03 Å². The molecule has 1 aromatic heterocycles. The maximum absolute atomic E-state index is 12.4. The van der Waals surface area contributed by atoms with Crippen LogP contribution >= 0.6 is 22.9 Å². The minimum Gasteiger partial charge on any atom is -0.379 e. The van der Waals surface area contributed by atoms with Gasteiger partial charge in [0.2, 0.25) is 10.0 Å². The van der Waals surface area contributed by atoms with Crippen molar-refractivity contribution in [3.05, 3.63) is 28.2 Å². The maximum Gasteiger partial charge on any atom is 0.317 e. The van der Waals surface area contributed by atoms with E-state index in [1.54, 1.807) is 16.2 Å². The molecule has 1 N–H and O–H groups in total. The Morgan fingerprint density at radius 2 is 1.97 bits per heavy atom. The molecule has 4 rings (SSSR count). The van der Waals surface area contributed by atoms with E-state index in [1.807, 2.05) is 18.2 Å². The Morgan fingerprint density at radius 3 is 2.70 bits per heavy atom. The van der Waals surface area contributed by atoms with E-state index in [2.05, 4.69) is 5.32 Å². The van der Waals surface area contributed by atoms with Gasteiger partial charge in [0.05, 0.1) is 34.2 Å². The first kappa shape index (κ1) is 21.8. The molecule has 2 amide bonds. The maximum atomic E-state index is 12.4. The zero-order chi connectivity index (χ0) is 21.1. The van der Waals surface area contributed by atoms with Crippen molar-refractivity contribution in [1.29, 1.82) is 0 Å². The molecule has 164 valence electrons. The number of fused-ring (bicyclic) bond motifs is 1. The lowest BCUT2D eigenvalue weighted by molar-refractivity contribution is 0.0730. The minimum atomic E-state index is -3.37. The van der Waals surface area contributed by atoms with Gasteiger partial charge in [-0.1, -0.05) is 11.6 Å². The van der Waals surface area contributed by atoms with E-state index < -0.39 is 10.0 Å². The van der Waals surface area contributed by atoms with Gasteiger partial charge in [0, 0.05) is 43.7 Å². The summed E-state index contributed by atoms with van der Waals surface area (Å²) in [5, 5.41) is 4.52. The highest BCUT2D eigenvalue weighted by Crippen LogP contribution is 2.34. The number of piperidine rings is 1. The third-order valence-corrected chi connectivity index (χ3v) is 8.80. The van der Waals surface area contributed by atoms with E-state index in [4.69, 9.17) is 21.3 Å². The van der Waals surface area contributed by atoms with Gasteiger partial charge in [0.25, 0.3) is 0 Å². The number of sulfonamides is 1. The van der Waals surface area contributed by atoms with E-state index >= 15 is 0 Å². The summed E-state index contributed by atoms with van der Waals surface area (Å²) in [6, 6.07) is 5.54. The van der Waals surface area contributed by atoms with Crippen LogP contribution in [0.25, 0.3) is 10.2 Å². The van der Waals surface area contributed by atoms with Gasteiger partial charge in [-0.15, -0.1) is 11.3 Å². The molecule has 0 bridgehead atoms. The molecule has 0 unspecified atom stereocenters. The summed E-state index contributed by atoms with van der Waals surface area (Å²) in [6.45, 7) is 2.96. The molecule has 2 fully saturated rings. The quantitative estimate of drug-likeness (QED) is 0.721. The van der Waals surface area contributed by atoms with Crippen LogP contribution in [0.2, 0.25) is 5.02 Å². The predicted molar refractivity (Wildman–Crippen MR) is 118 cm³/mol. The first-order valence-electron chi connectivity index (χ1n) is 10.1. The van der Waals surface area contributed by atoms with Crippen molar-refractivity contribution in [2.75, 3.05) is 51.7 Å². The van der Waals surface area contributed by atoms with Crippen LogP contribution in [0.15, 0.2) is 18.2 Å². The fraction of sp³-hybridized carbons (Fsp3) is 0.579. The number of nitrogens with one attached hydrogen (secondary N) is 1. The summed E-state index contributed by atoms with van der Waals surface area (Å²) in [4.78, 5) is 18.9. The third-order valence-electron chi connectivity index (χ3n) is 5.50. The summed E-state index contributed by atoms with van der Waals surface area (Å²) < 4.78 is 32.4. The number of hydrogen-bond acceptors (Lipinski definition) is 6. The molecule has 0 aliphatic carbocycles. The summed E-state index contributed by atoms with van der Waals surface area (Å²) in [6.07, 6.45) is 1.68. The number of morpholine rings is 1. The molecule has 0 spiro atoms. The number of hydrogen-bond donors (Lipinski definition) is 1. The second-order valence-corrected chi connectivity index (χ2v) is 11.1. The highest BCUT2D eigenvalue weighted by Gasteiger charge is 2.27. The number of carbonyl (C=O) groups excluding carboxylic acids is 1. The molecule has 0 atom stereocenters. The fourth-order valence-electron chi connectivity index (χ4n) is 3.78. The number of thiazole rings is 1. The Kier molecular flexibility index (Phi) is 6.78. The molecule has 30 heavy (non-hydrogen) atoms. The summed E-state index contributed by atoms with van der Waals surface area (Å²) in [5.74, 6) is 0.232. The van der Waals surface area contributed by atoms with Crippen LogP contribution in [0, 0.1) is 0 Å². The monoisotopic (exact) mass is 472 g/mol. The number of nitrogens with zero attached hydrogens (tertiary/aromatic N) is 3. The Morgan fingerprint density at radius 1 is 1.23 bits per heavy atom. The molecule has 0 radical (unpaired) electrons. The fourth-order valence-corrected chi connectivity index (χ4v) is 6.38. The standard InChI is InChI=1S/C19H25ClN4O4S2/c20-15-1-2-17-16(13-15)22-18(29-17)14-3-6-23(7-4-14)19(25)21-5-12-30(26,27)24-8-10-28-11-9-24/h1-2,13-14H,3-12H2,(H,21,25). The van der Waals surface area contributed by atoms with Gasteiger partial charge in [0.1, 0.15) is 0 Å². The topological polar surface area (TPSA) is 91.8 Å². The zero-order valence-electron chi connectivity index (χ0n) is 16.5. The van der Waals surface area contributed by atoms with Crippen molar-refractivity contribution < 1.29 is 17.9 Å². The molecule has 11 heteroatoms. The molecule has 2 aliphatic heterocycles. The minimum absolute atomic E-state index is 0.0938. The van der Waals surface area contributed by atoms with Crippen LogP contribution in [0.4, 0.5) is 4.79 Å². The molecule has 2 aliphatic rings. The van der Waals surface area contributed by atoms with Crippen LogP contribution in [0.3, 0.4) is 0 Å². The Labute approximate surface area is 185 Å². The normalized spacial score (nSPS) is 19.3. The molecule has 8 nitrogen and oxygen atoms in total. The summed E-state index contributed by atoms with van der Waals surface area (Å²) >= 11 is 7.73. The number of benzene rings is 1. The lowest BCUT2D eigenvalue weighted by Gasteiger charge is -2.31. The van der Waals surface area contributed by atoms with Gasteiger partial charge in [-0.3, -0.25) is 0 Å². The molecular weight excluding hydrogens is 448 g/mol. The van der Waals surface area contributed by atoms with E-state index in [9.17, 15) is 13.2 Å².